The van der Waals surface area contributed by atoms with Gasteiger partial charge >= 0.3 is 0 Å². The molecule has 2 aromatic rings. The molecule has 0 atom stereocenters. The van der Waals surface area contributed by atoms with Gasteiger partial charge < -0.3 is 10.6 Å². The van der Waals surface area contributed by atoms with Gasteiger partial charge in [0.15, 0.2) is 0 Å². The van der Waals surface area contributed by atoms with Crippen LogP contribution in [-0.2, 0) is 19.5 Å². The lowest BCUT2D eigenvalue weighted by atomic mass is 10.1. The summed E-state index contributed by atoms with van der Waals surface area (Å²) >= 11 is 0. The van der Waals surface area contributed by atoms with Gasteiger partial charge in [0.05, 0.1) is 0 Å². The van der Waals surface area contributed by atoms with Crippen LogP contribution in [0, 0.1) is 6.92 Å². The Morgan fingerprint density at radius 3 is 2.30 bits per heavy atom. The molecular formula is C17H23N3. The largest absolute Gasteiger partial charge is 0.355 e. The fourth-order valence-corrected chi connectivity index (χ4v) is 2.27. The van der Waals surface area contributed by atoms with Crippen molar-refractivity contribution >= 4 is 5.82 Å². The Balaban J connectivity index is 2.14. The summed E-state index contributed by atoms with van der Waals surface area (Å²) in [5.41, 5.74) is 10.5. The van der Waals surface area contributed by atoms with Gasteiger partial charge in [0, 0.05) is 25.8 Å². The van der Waals surface area contributed by atoms with Crippen LogP contribution in [0.25, 0.3) is 0 Å². The van der Waals surface area contributed by atoms with Crippen molar-refractivity contribution in [1.82, 2.24) is 4.98 Å². The van der Waals surface area contributed by atoms with E-state index in [2.05, 4.69) is 54.2 Å². The van der Waals surface area contributed by atoms with E-state index in [1.165, 1.54) is 11.1 Å². The number of nitrogens with two attached hydrogens (primary N) is 1. The Bertz CT molecular complexity index is 561. The average Bonchev–Trinajstić information content (AvgIpc) is 2.47. The van der Waals surface area contributed by atoms with Crippen LogP contribution in [0.1, 0.15) is 29.3 Å². The van der Waals surface area contributed by atoms with Crippen LogP contribution < -0.4 is 10.6 Å². The lowest BCUT2D eigenvalue weighted by Crippen LogP contribution is -2.18. The number of hydrogen-bond donors (Lipinski definition) is 1. The Labute approximate surface area is 121 Å². The van der Waals surface area contributed by atoms with Crippen LogP contribution in [0.15, 0.2) is 36.4 Å². The van der Waals surface area contributed by atoms with Gasteiger partial charge in [0.1, 0.15) is 5.82 Å². The lowest BCUT2D eigenvalue weighted by molar-refractivity contribution is 0.884. The number of rotatable bonds is 5. The van der Waals surface area contributed by atoms with Gasteiger partial charge in [-0.2, -0.15) is 0 Å². The fourth-order valence-electron chi connectivity index (χ4n) is 2.27. The number of benzene rings is 1. The first-order valence-electron chi connectivity index (χ1n) is 7.09. The first kappa shape index (κ1) is 14.5. The van der Waals surface area contributed by atoms with Crippen molar-refractivity contribution in [3.05, 3.63) is 58.8 Å². The van der Waals surface area contributed by atoms with Gasteiger partial charge in [-0.25, -0.2) is 4.98 Å². The molecule has 0 fully saturated rings. The molecule has 0 aliphatic rings. The standard InChI is InChI=1S/C17H23N3/c1-4-14-5-7-15(8-6-14)12-20(3)17-10-16(11-18)9-13(2)19-17/h5-10H,4,11-12,18H2,1-3H3. The second-order valence-corrected chi connectivity index (χ2v) is 5.21. The van der Waals surface area contributed by atoms with Crippen LogP contribution >= 0.6 is 0 Å². The first-order chi connectivity index (χ1) is 9.62. The van der Waals surface area contributed by atoms with Gasteiger partial charge in [-0.05, 0) is 42.2 Å². The number of hydrogen-bond acceptors (Lipinski definition) is 3. The highest BCUT2D eigenvalue weighted by molar-refractivity contribution is 5.43. The van der Waals surface area contributed by atoms with Crippen LogP contribution in [0.4, 0.5) is 5.82 Å². The second-order valence-electron chi connectivity index (χ2n) is 5.21. The molecule has 3 heteroatoms. The molecule has 0 amide bonds. The number of pyridine rings is 1. The van der Waals surface area contributed by atoms with Crippen molar-refractivity contribution < 1.29 is 0 Å². The van der Waals surface area contributed by atoms with Crippen LogP contribution in [0.3, 0.4) is 0 Å². The van der Waals surface area contributed by atoms with Gasteiger partial charge in [0.25, 0.3) is 0 Å². The summed E-state index contributed by atoms with van der Waals surface area (Å²) in [7, 11) is 2.07. The highest BCUT2D eigenvalue weighted by Crippen LogP contribution is 2.16. The molecule has 0 saturated carbocycles. The van der Waals surface area contributed by atoms with Crippen molar-refractivity contribution in [2.75, 3.05) is 11.9 Å². The first-order valence-corrected chi connectivity index (χ1v) is 7.09. The van der Waals surface area contributed by atoms with Crippen molar-refractivity contribution in [2.45, 2.75) is 33.4 Å². The summed E-state index contributed by atoms with van der Waals surface area (Å²) in [4.78, 5) is 6.74. The summed E-state index contributed by atoms with van der Waals surface area (Å²) in [6, 6.07) is 12.9. The smallest absolute Gasteiger partial charge is 0.129 e. The quantitative estimate of drug-likeness (QED) is 0.907. The van der Waals surface area contributed by atoms with E-state index < -0.39 is 0 Å². The van der Waals surface area contributed by atoms with Crippen molar-refractivity contribution in [1.29, 1.82) is 0 Å². The van der Waals surface area contributed by atoms with E-state index in [0.29, 0.717) is 6.54 Å². The molecule has 20 heavy (non-hydrogen) atoms. The maximum Gasteiger partial charge on any atom is 0.129 e. The maximum absolute atomic E-state index is 5.73. The minimum atomic E-state index is 0.551. The molecule has 2 rings (SSSR count). The van der Waals surface area contributed by atoms with Gasteiger partial charge in [-0.15, -0.1) is 0 Å². The predicted octanol–water partition coefficient (Wildman–Crippen LogP) is 3.05. The van der Waals surface area contributed by atoms with Crippen molar-refractivity contribution in [3.8, 4) is 0 Å². The molecule has 1 aromatic heterocycles. The molecule has 2 N–H and O–H groups in total. The zero-order valence-electron chi connectivity index (χ0n) is 12.6. The summed E-state index contributed by atoms with van der Waals surface area (Å²) in [5.74, 6) is 0.977. The molecule has 0 bridgehead atoms. The molecule has 0 saturated heterocycles. The number of aryl methyl sites for hydroxylation is 2. The maximum atomic E-state index is 5.73. The average molecular weight is 269 g/mol. The van der Waals surface area contributed by atoms with Gasteiger partial charge in [-0.3, -0.25) is 0 Å². The summed E-state index contributed by atoms with van der Waals surface area (Å²) in [5, 5.41) is 0. The van der Waals surface area contributed by atoms with Gasteiger partial charge in [0.2, 0.25) is 0 Å². The number of aromatic nitrogens is 1. The van der Waals surface area contributed by atoms with E-state index in [4.69, 9.17) is 5.73 Å². The number of nitrogens with zero attached hydrogens (tertiary/aromatic N) is 2. The molecular weight excluding hydrogens is 246 g/mol. The number of anilines is 1. The minimum Gasteiger partial charge on any atom is -0.355 e. The van der Waals surface area contributed by atoms with Crippen LogP contribution in [-0.4, -0.2) is 12.0 Å². The highest BCUT2D eigenvalue weighted by Gasteiger charge is 2.06. The van der Waals surface area contributed by atoms with Gasteiger partial charge in [-0.1, -0.05) is 31.2 Å². The lowest BCUT2D eigenvalue weighted by Gasteiger charge is -2.19. The third-order valence-electron chi connectivity index (χ3n) is 3.48. The van der Waals surface area contributed by atoms with E-state index in [0.717, 1.165) is 30.0 Å². The Morgan fingerprint density at radius 1 is 1.05 bits per heavy atom. The third-order valence-corrected chi connectivity index (χ3v) is 3.48. The molecule has 0 aliphatic carbocycles. The van der Waals surface area contributed by atoms with Crippen molar-refractivity contribution in [3.63, 3.8) is 0 Å². The molecule has 0 aliphatic heterocycles. The topological polar surface area (TPSA) is 42.1 Å². The summed E-state index contributed by atoms with van der Waals surface area (Å²) in [6.07, 6.45) is 1.08. The van der Waals surface area contributed by atoms with E-state index in [-0.39, 0.29) is 0 Å². The Hall–Kier alpha value is -1.87. The summed E-state index contributed by atoms with van der Waals surface area (Å²) < 4.78 is 0. The molecule has 3 nitrogen and oxygen atoms in total. The van der Waals surface area contributed by atoms with E-state index in [1.807, 2.05) is 13.0 Å². The molecule has 0 radical (unpaired) electrons. The van der Waals surface area contributed by atoms with Crippen molar-refractivity contribution in [2.24, 2.45) is 5.73 Å². The monoisotopic (exact) mass is 269 g/mol. The molecule has 0 spiro atoms. The second kappa shape index (κ2) is 6.53. The normalized spacial score (nSPS) is 10.6. The predicted molar refractivity (Wildman–Crippen MR) is 84.8 cm³/mol. The van der Waals surface area contributed by atoms with Crippen LogP contribution in [0.2, 0.25) is 0 Å². The van der Waals surface area contributed by atoms with E-state index >= 15 is 0 Å². The SMILES string of the molecule is CCc1ccc(CN(C)c2cc(CN)cc(C)n2)cc1. The molecule has 106 valence electrons. The zero-order chi connectivity index (χ0) is 14.5. The minimum absolute atomic E-state index is 0.551. The van der Waals surface area contributed by atoms with E-state index in [1.54, 1.807) is 0 Å². The Morgan fingerprint density at radius 2 is 1.70 bits per heavy atom. The highest BCUT2D eigenvalue weighted by atomic mass is 15.2. The molecule has 0 unspecified atom stereocenters. The molecule has 1 heterocycles. The third kappa shape index (κ3) is 3.58. The Kier molecular flexibility index (Phi) is 4.74. The summed E-state index contributed by atoms with van der Waals surface area (Å²) in [6.45, 7) is 5.58. The zero-order valence-corrected chi connectivity index (χ0v) is 12.6. The van der Waals surface area contributed by atoms with Crippen LogP contribution in [0.5, 0.6) is 0 Å². The molecule has 1 aromatic carbocycles. The van der Waals surface area contributed by atoms with E-state index in [9.17, 15) is 0 Å². The fraction of sp³-hybridized carbons (Fsp3) is 0.353.